The first kappa shape index (κ1) is 34.2. The molecule has 4 aromatic rings. The molecule has 47 heavy (non-hydrogen) atoms. The Bertz CT molecular complexity index is 1870. The Balaban J connectivity index is 0.00000433. The summed E-state index contributed by atoms with van der Waals surface area (Å²) in [4.78, 5) is 52.7. The molecular weight excluding hydrogens is 698 g/mol. The maximum atomic E-state index is 14.3. The van der Waals surface area contributed by atoms with Crippen LogP contribution in [0.4, 0.5) is 10.5 Å². The topological polar surface area (TPSA) is 139 Å². The van der Waals surface area contributed by atoms with Gasteiger partial charge >= 0.3 is 12.1 Å². The number of alkyl halides is 1. The lowest BCUT2D eigenvalue weighted by Gasteiger charge is -2.31. The van der Waals surface area contributed by atoms with Gasteiger partial charge in [0.05, 0.1) is 50.7 Å². The molecule has 2 aliphatic rings. The number of aromatic nitrogens is 2. The van der Waals surface area contributed by atoms with Gasteiger partial charge in [0.25, 0.3) is 5.91 Å². The molecule has 2 aromatic heterocycles. The molecule has 15 heteroatoms. The number of carbonyl (C=O) groups excluding carboxylic acids is 3. The van der Waals surface area contributed by atoms with Gasteiger partial charge in [0, 0.05) is 66.5 Å². The van der Waals surface area contributed by atoms with Crippen molar-refractivity contribution >= 4 is 73.8 Å². The number of piperazine rings is 1. The molecule has 0 aliphatic carbocycles. The van der Waals surface area contributed by atoms with Crippen LogP contribution in [-0.2, 0) is 4.74 Å². The van der Waals surface area contributed by atoms with Crippen molar-refractivity contribution in [2.75, 3.05) is 78.4 Å². The zero-order chi connectivity index (χ0) is 32.9. The highest BCUT2D eigenvalue weighted by atomic mass is 79.9. The molecule has 0 saturated carbocycles. The molecule has 0 bridgehead atoms. The second kappa shape index (κ2) is 13.5. The maximum absolute atomic E-state index is 14.3. The van der Waals surface area contributed by atoms with Crippen molar-refractivity contribution in [1.29, 1.82) is 0 Å². The smallest absolute Gasteiger partial charge is 0.415 e. The van der Waals surface area contributed by atoms with Crippen LogP contribution in [0.5, 0.6) is 23.0 Å². The van der Waals surface area contributed by atoms with E-state index in [4.69, 9.17) is 23.7 Å². The van der Waals surface area contributed by atoms with E-state index in [0.29, 0.717) is 86.7 Å². The number of ether oxygens (including phenoxy) is 5. The number of nitrogens with zero attached hydrogens (tertiary/aromatic N) is 3. The molecule has 2 aliphatic heterocycles. The Kier molecular flexibility index (Phi) is 9.85. The minimum Gasteiger partial charge on any atom is -0.493 e. The lowest BCUT2D eigenvalue weighted by atomic mass is 9.95. The van der Waals surface area contributed by atoms with E-state index in [2.05, 4.69) is 30.8 Å². The molecule has 2 N–H and O–H groups in total. The molecule has 6 rings (SSSR count). The number of aryl methyl sites for hydroxylation is 1. The average molecular weight is 735 g/mol. The monoisotopic (exact) mass is 733 g/mol. The van der Waals surface area contributed by atoms with Crippen molar-refractivity contribution < 1.29 is 38.1 Å². The molecule has 252 valence electrons. The van der Waals surface area contributed by atoms with Crippen molar-refractivity contribution in [3.8, 4) is 23.0 Å². The fraction of sp³-hybridized carbons (Fsp3) is 0.406. The first-order chi connectivity index (χ1) is 22.1. The average Bonchev–Trinajstić information content (AvgIpc) is 3.76. The lowest BCUT2D eigenvalue weighted by Crippen LogP contribution is -2.48. The summed E-state index contributed by atoms with van der Waals surface area (Å²) in [5, 5.41) is 1.77. The zero-order valence-corrected chi connectivity index (χ0v) is 29.3. The van der Waals surface area contributed by atoms with Gasteiger partial charge < -0.3 is 48.4 Å². The van der Waals surface area contributed by atoms with Gasteiger partial charge in [-0.2, -0.15) is 0 Å². The lowest BCUT2D eigenvalue weighted by molar-refractivity contribution is 0.0602. The van der Waals surface area contributed by atoms with Crippen molar-refractivity contribution in [3.63, 3.8) is 0 Å². The predicted octanol–water partition coefficient (Wildman–Crippen LogP) is 5.08. The number of likely N-dealkylation sites (N-methyl/N-ethyl adjacent to an activating group) is 1. The highest BCUT2D eigenvalue weighted by Gasteiger charge is 2.39. The van der Waals surface area contributed by atoms with Gasteiger partial charge in [-0.15, -0.1) is 12.4 Å². The van der Waals surface area contributed by atoms with Crippen LogP contribution < -0.4 is 23.8 Å². The molecule has 1 atom stereocenters. The van der Waals surface area contributed by atoms with Crippen LogP contribution in [0.2, 0.25) is 0 Å². The number of H-pyrrole nitrogens is 2. The van der Waals surface area contributed by atoms with Crippen molar-refractivity contribution in [3.05, 3.63) is 40.7 Å². The van der Waals surface area contributed by atoms with Gasteiger partial charge in [0.15, 0.2) is 17.2 Å². The second-order valence-corrected chi connectivity index (χ2v) is 12.0. The summed E-state index contributed by atoms with van der Waals surface area (Å²) >= 11 is 3.63. The van der Waals surface area contributed by atoms with Gasteiger partial charge in [-0.3, -0.25) is 4.79 Å². The van der Waals surface area contributed by atoms with E-state index in [-0.39, 0.29) is 30.0 Å². The van der Waals surface area contributed by atoms with E-state index in [1.807, 2.05) is 7.05 Å². The Labute approximate surface area is 285 Å². The number of hydrogen-bond donors (Lipinski definition) is 2. The largest absolute Gasteiger partial charge is 0.493 e. The van der Waals surface area contributed by atoms with Crippen LogP contribution in [-0.4, -0.2) is 111 Å². The Morgan fingerprint density at radius 2 is 1.62 bits per heavy atom. The zero-order valence-electron chi connectivity index (χ0n) is 26.9. The van der Waals surface area contributed by atoms with Crippen LogP contribution >= 0.6 is 28.3 Å². The Hall–Kier alpha value is -4.14. The number of aromatic amines is 2. The van der Waals surface area contributed by atoms with E-state index in [1.165, 1.54) is 28.4 Å². The number of nitrogens with one attached hydrogen (secondary N) is 2. The molecule has 2 aromatic carbocycles. The number of hydrogen-bond acceptors (Lipinski definition) is 9. The number of carbonyl (C=O) groups is 3. The maximum Gasteiger partial charge on any atom is 0.415 e. The fourth-order valence-electron chi connectivity index (χ4n) is 6.44. The SMILES string of the molecule is COC(=O)c1c(C)[nH]c2c(OC(=O)N3CCN(C)CC3)cc3c(c12)[C@H](CBr)CN3C(=O)c1cc2cc(OC)c(OC)c(OC)c2[nH]1.Cl. The number of benzene rings is 2. The summed E-state index contributed by atoms with van der Waals surface area (Å²) in [7, 11) is 7.89. The van der Waals surface area contributed by atoms with Crippen molar-refractivity contribution in [1.82, 2.24) is 19.8 Å². The number of fused-ring (bicyclic) bond motifs is 4. The second-order valence-electron chi connectivity index (χ2n) is 11.4. The molecule has 1 saturated heterocycles. The van der Waals surface area contributed by atoms with E-state index in [0.717, 1.165) is 18.7 Å². The van der Waals surface area contributed by atoms with Gasteiger partial charge in [-0.1, -0.05) is 15.9 Å². The van der Waals surface area contributed by atoms with Gasteiger partial charge in [-0.05, 0) is 31.7 Å². The van der Waals surface area contributed by atoms with Crippen LogP contribution in [0.25, 0.3) is 21.8 Å². The first-order valence-electron chi connectivity index (χ1n) is 14.8. The third-order valence-electron chi connectivity index (χ3n) is 8.78. The summed E-state index contributed by atoms with van der Waals surface area (Å²) < 4.78 is 27.9. The number of amides is 2. The highest BCUT2D eigenvalue weighted by Crippen LogP contribution is 2.49. The molecule has 4 heterocycles. The molecule has 1 fully saturated rings. The molecule has 13 nitrogen and oxygen atoms in total. The third kappa shape index (κ3) is 5.72. The number of halogens is 2. The predicted molar refractivity (Wildman–Crippen MR) is 183 cm³/mol. The summed E-state index contributed by atoms with van der Waals surface area (Å²) in [6.07, 6.45) is -0.500. The summed E-state index contributed by atoms with van der Waals surface area (Å²) in [6.45, 7) is 4.59. The minimum atomic E-state index is -0.530. The fourth-order valence-corrected chi connectivity index (χ4v) is 6.96. The van der Waals surface area contributed by atoms with E-state index >= 15 is 0 Å². The normalized spacial score (nSPS) is 16.2. The highest BCUT2D eigenvalue weighted by molar-refractivity contribution is 9.09. The van der Waals surface area contributed by atoms with Crippen LogP contribution in [0.15, 0.2) is 18.2 Å². The molecule has 0 unspecified atom stereocenters. The summed E-state index contributed by atoms with van der Waals surface area (Å²) in [6, 6.07) is 5.21. The van der Waals surface area contributed by atoms with Crippen LogP contribution in [0.1, 0.15) is 38.0 Å². The Morgan fingerprint density at radius 1 is 0.915 bits per heavy atom. The number of esters is 1. The summed E-state index contributed by atoms with van der Waals surface area (Å²) in [5.74, 6) is 0.458. The van der Waals surface area contributed by atoms with Gasteiger partial charge in [-0.25, -0.2) is 9.59 Å². The van der Waals surface area contributed by atoms with Crippen molar-refractivity contribution in [2.45, 2.75) is 12.8 Å². The molecule has 0 radical (unpaired) electrons. The van der Waals surface area contributed by atoms with E-state index in [1.54, 1.807) is 34.9 Å². The number of anilines is 1. The standard InChI is InChI=1S/C32H36BrN5O8.ClH/c1-16-23(31(40)45-6)25-24-18(14-33)15-38(20(24)13-21(27(25)34-16)46-32(41)37-9-7-36(2)8-10-37)30(39)19-11-17-12-22(42-3)28(43-4)29(44-5)26(17)35-19;/h11-13,18,34-35H,7-10,14-15H2,1-6H3;1H/t18-;/m1./s1. The Morgan fingerprint density at radius 3 is 2.23 bits per heavy atom. The summed E-state index contributed by atoms with van der Waals surface area (Å²) in [5.41, 5.74) is 3.59. The quantitative estimate of drug-likeness (QED) is 0.197. The molecule has 2 amide bonds. The van der Waals surface area contributed by atoms with Gasteiger partial charge in [0.1, 0.15) is 5.69 Å². The number of methoxy groups -OCH3 is 4. The van der Waals surface area contributed by atoms with Crippen LogP contribution in [0.3, 0.4) is 0 Å². The van der Waals surface area contributed by atoms with Crippen LogP contribution in [0, 0.1) is 6.92 Å². The van der Waals surface area contributed by atoms with E-state index in [9.17, 15) is 14.4 Å². The minimum absolute atomic E-state index is 0. The molecular formula is C32H37BrClN5O8. The third-order valence-corrected chi connectivity index (χ3v) is 9.56. The number of rotatable bonds is 7. The van der Waals surface area contributed by atoms with E-state index < -0.39 is 12.1 Å². The van der Waals surface area contributed by atoms with Crippen molar-refractivity contribution in [2.24, 2.45) is 0 Å². The van der Waals surface area contributed by atoms with Gasteiger partial charge in [0.2, 0.25) is 5.75 Å². The first-order valence-corrected chi connectivity index (χ1v) is 15.9. The molecule has 0 spiro atoms.